The zero-order valence-electron chi connectivity index (χ0n) is 15.9. The van der Waals surface area contributed by atoms with E-state index in [1.54, 1.807) is 7.05 Å². The van der Waals surface area contributed by atoms with E-state index in [1.807, 2.05) is 0 Å². The van der Waals surface area contributed by atoms with Gasteiger partial charge in [-0.25, -0.2) is 19.9 Å². The van der Waals surface area contributed by atoms with Crippen LogP contribution in [0, 0.1) is 0 Å². The first kappa shape index (κ1) is 19.8. The number of aliphatic hydroxyl groups is 1. The van der Waals surface area contributed by atoms with Crippen LogP contribution in [0.5, 0.6) is 0 Å². The highest BCUT2D eigenvalue weighted by atomic mass is 16.3. The highest BCUT2D eigenvalue weighted by Crippen LogP contribution is 2.21. The van der Waals surface area contributed by atoms with Crippen LogP contribution in [0.4, 0.5) is 17.2 Å². The minimum atomic E-state index is -0.928. The molecule has 12 nitrogen and oxygen atoms in total. The predicted octanol–water partition coefficient (Wildman–Crippen LogP) is 0.409. The van der Waals surface area contributed by atoms with Crippen molar-refractivity contribution in [2.45, 2.75) is 13.0 Å². The van der Waals surface area contributed by atoms with Crippen LogP contribution in [-0.2, 0) is 7.05 Å². The predicted molar refractivity (Wildman–Crippen MR) is 103 cm³/mol. The van der Waals surface area contributed by atoms with Gasteiger partial charge in [0.15, 0.2) is 11.5 Å². The number of hydrogen-bond donors (Lipinski definition) is 4. The molecule has 1 atom stereocenters. The van der Waals surface area contributed by atoms with E-state index in [4.69, 9.17) is 0 Å². The van der Waals surface area contributed by atoms with Crippen LogP contribution in [-0.4, -0.2) is 53.7 Å². The van der Waals surface area contributed by atoms with Crippen LogP contribution in [0.25, 0.3) is 0 Å². The zero-order valence-corrected chi connectivity index (χ0v) is 15.9. The van der Waals surface area contributed by atoms with Crippen molar-refractivity contribution in [2.24, 2.45) is 7.05 Å². The van der Waals surface area contributed by atoms with Crippen LogP contribution in [0.1, 0.15) is 39.7 Å². The first-order valence-electron chi connectivity index (χ1n) is 8.53. The van der Waals surface area contributed by atoms with Crippen molar-refractivity contribution in [3.8, 4) is 0 Å². The molecule has 3 aromatic heterocycles. The Labute approximate surface area is 165 Å². The Morgan fingerprint density at radius 1 is 1.14 bits per heavy atom. The van der Waals surface area contributed by atoms with Gasteiger partial charge in [-0.3, -0.25) is 14.3 Å². The summed E-state index contributed by atoms with van der Waals surface area (Å²) >= 11 is 0. The maximum atomic E-state index is 12.9. The maximum absolute atomic E-state index is 12.9. The summed E-state index contributed by atoms with van der Waals surface area (Å²) in [6.07, 6.45) is 6.15. The summed E-state index contributed by atoms with van der Waals surface area (Å²) in [5.74, 6) is -0.923. The van der Waals surface area contributed by atoms with Gasteiger partial charge in [0, 0.05) is 14.1 Å². The molecule has 0 radical (unpaired) electrons. The van der Waals surface area contributed by atoms with Gasteiger partial charge in [0.1, 0.15) is 12.0 Å². The van der Waals surface area contributed by atoms with E-state index in [1.165, 1.54) is 49.8 Å². The molecule has 2 amide bonds. The second kappa shape index (κ2) is 8.39. The number of amides is 2. The Kier molecular flexibility index (Phi) is 5.74. The van der Waals surface area contributed by atoms with E-state index in [0.717, 1.165) is 0 Å². The van der Waals surface area contributed by atoms with E-state index in [0.29, 0.717) is 5.69 Å². The van der Waals surface area contributed by atoms with Crippen LogP contribution in [0.2, 0.25) is 0 Å². The van der Waals surface area contributed by atoms with Crippen molar-refractivity contribution in [2.75, 3.05) is 17.7 Å². The van der Waals surface area contributed by atoms with E-state index >= 15 is 0 Å². The lowest BCUT2D eigenvalue weighted by Gasteiger charge is -2.13. The number of rotatable bonds is 6. The second-order valence-electron chi connectivity index (χ2n) is 5.98. The lowest BCUT2D eigenvalue weighted by molar-refractivity contribution is 0.0954. The van der Waals surface area contributed by atoms with Gasteiger partial charge in [-0.05, 0) is 6.92 Å². The Balaban J connectivity index is 1.96. The molecule has 0 saturated carbocycles. The van der Waals surface area contributed by atoms with Crippen molar-refractivity contribution >= 4 is 29.0 Å². The fourth-order valence-electron chi connectivity index (χ4n) is 2.45. The Morgan fingerprint density at radius 2 is 1.86 bits per heavy atom. The van der Waals surface area contributed by atoms with Gasteiger partial charge in [-0.2, -0.15) is 5.10 Å². The first-order valence-corrected chi connectivity index (χ1v) is 8.53. The minimum absolute atomic E-state index is 0.0843. The molecule has 0 aromatic carbocycles. The standard InChI is InChI=1S/C17H19N9O3/c1-9(27)11-6-21-15(23-10-4-19-8-20-5-10)13(24-11)16(28)25-12-7-22-26(3)14(12)17(29)18-2/h4-9,27H,1-3H3,(H,18,29)(H,21,23)(H,25,28). The molecule has 29 heavy (non-hydrogen) atoms. The van der Waals surface area contributed by atoms with Crippen LogP contribution in [0.15, 0.2) is 31.1 Å². The molecule has 12 heteroatoms. The van der Waals surface area contributed by atoms with Gasteiger partial charge in [0.2, 0.25) is 0 Å². The maximum Gasteiger partial charge on any atom is 0.278 e. The van der Waals surface area contributed by atoms with E-state index in [-0.39, 0.29) is 28.6 Å². The third-order valence-electron chi connectivity index (χ3n) is 3.89. The third-order valence-corrected chi connectivity index (χ3v) is 3.89. The number of nitrogens with one attached hydrogen (secondary N) is 3. The average molecular weight is 397 g/mol. The SMILES string of the molecule is CNC(=O)c1c(NC(=O)c2nc(C(C)O)cnc2Nc2cncnc2)cnn1C. The number of hydrogen-bond acceptors (Lipinski definition) is 9. The molecule has 0 aliphatic carbocycles. The summed E-state index contributed by atoms with van der Waals surface area (Å²) in [7, 11) is 3.05. The van der Waals surface area contributed by atoms with Gasteiger partial charge in [-0.1, -0.05) is 0 Å². The van der Waals surface area contributed by atoms with Crippen LogP contribution < -0.4 is 16.0 Å². The lowest BCUT2D eigenvalue weighted by Crippen LogP contribution is -2.24. The highest BCUT2D eigenvalue weighted by molar-refractivity contribution is 6.09. The largest absolute Gasteiger partial charge is 0.387 e. The first-order chi connectivity index (χ1) is 13.9. The fraction of sp³-hybridized carbons (Fsp3) is 0.235. The molecule has 0 bridgehead atoms. The number of carbonyl (C=O) groups is 2. The fourth-order valence-corrected chi connectivity index (χ4v) is 2.45. The van der Waals surface area contributed by atoms with Crippen molar-refractivity contribution in [1.29, 1.82) is 0 Å². The van der Waals surface area contributed by atoms with Crippen LogP contribution >= 0.6 is 0 Å². The molecule has 0 saturated heterocycles. The number of aryl methyl sites for hydroxylation is 1. The molecule has 4 N–H and O–H groups in total. The number of nitrogens with zero attached hydrogens (tertiary/aromatic N) is 6. The van der Waals surface area contributed by atoms with Crippen molar-refractivity contribution in [3.05, 3.63) is 48.2 Å². The summed E-state index contributed by atoms with van der Waals surface area (Å²) in [5, 5.41) is 21.8. The Morgan fingerprint density at radius 3 is 2.52 bits per heavy atom. The van der Waals surface area contributed by atoms with Crippen molar-refractivity contribution in [1.82, 2.24) is 35.0 Å². The van der Waals surface area contributed by atoms with E-state index in [2.05, 4.69) is 41.0 Å². The van der Waals surface area contributed by atoms with Gasteiger partial charge < -0.3 is 21.1 Å². The summed E-state index contributed by atoms with van der Waals surface area (Å²) in [4.78, 5) is 41.2. The van der Waals surface area contributed by atoms with Gasteiger partial charge in [0.05, 0.1) is 48.0 Å². The van der Waals surface area contributed by atoms with E-state index < -0.39 is 17.9 Å². The molecule has 0 fully saturated rings. The molecule has 1 unspecified atom stereocenters. The molecule has 0 spiro atoms. The number of aliphatic hydroxyl groups excluding tert-OH is 1. The molecule has 150 valence electrons. The number of aromatic nitrogens is 6. The Bertz CT molecular complexity index is 1030. The lowest BCUT2D eigenvalue weighted by atomic mass is 10.2. The second-order valence-corrected chi connectivity index (χ2v) is 5.98. The quantitative estimate of drug-likeness (QED) is 0.462. The third kappa shape index (κ3) is 4.32. The summed E-state index contributed by atoms with van der Waals surface area (Å²) < 4.78 is 1.34. The average Bonchev–Trinajstić information content (AvgIpc) is 3.08. The van der Waals surface area contributed by atoms with Crippen LogP contribution in [0.3, 0.4) is 0 Å². The van der Waals surface area contributed by atoms with Crippen molar-refractivity contribution < 1.29 is 14.7 Å². The summed E-state index contributed by atoms with van der Waals surface area (Å²) in [5.41, 5.74) is 0.997. The summed E-state index contributed by atoms with van der Waals surface area (Å²) in [6.45, 7) is 1.51. The van der Waals surface area contributed by atoms with Gasteiger partial charge in [0.25, 0.3) is 11.8 Å². The molecule has 3 heterocycles. The highest BCUT2D eigenvalue weighted by Gasteiger charge is 2.22. The molecule has 0 aliphatic heterocycles. The monoisotopic (exact) mass is 397 g/mol. The number of anilines is 3. The molecule has 3 aromatic rings. The zero-order chi connectivity index (χ0) is 21.0. The molecule has 0 aliphatic rings. The topological polar surface area (TPSA) is 160 Å². The molecule has 3 rings (SSSR count). The van der Waals surface area contributed by atoms with Gasteiger partial charge in [-0.15, -0.1) is 0 Å². The van der Waals surface area contributed by atoms with Crippen molar-refractivity contribution in [3.63, 3.8) is 0 Å². The molecular formula is C17H19N9O3. The summed E-state index contributed by atoms with van der Waals surface area (Å²) in [6, 6.07) is 0. The minimum Gasteiger partial charge on any atom is -0.387 e. The normalized spacial score (nSPS) is 11.6. The Hall–Kier alpha value is -3.93. The smallest absolute Gasteiger partial charge is 0.278 e. The van der Waals surface area contributed by atoms with Gasteiger partial charge >= 0.3 is 0 Å². The number of carbonyl (C=O) groups excluding carboxylic acids is 2. The molecular weight excluding hydrogens is 378 g/mol. The van der Waals surface area contributed by atoms with E-state index in [9.17, 15) is 14.7 Å².